The lowest BCUT2D eigenvalue weighted by molar-refractivity contribution is 0.0931. The van der Waals surface area contributed by atoms with Gasteiger partial charge in [-0.05, 0) is 54.7 Å². The van der Waals surface area contributed by atoms with Crippen LogP contribution in [-0.2, 0) is 15.6 Å². The van der Waals surface area contributed by atoms with Crippen LogP contribution in [0.1, 0.15) is 40.7 Å². The van der Waals surface area contributed by atoms with Crippen LogP contribution in [0.25, 0.3) is 11.5 Å². The summed E-state index contributed by atoms with van der Waals surface area (Å²) in [4.78, 5) is 13.0. The van der Waals surface area contributed by atoms with Gasteiger partial charge in [-0.2, -0.15) is 0 Å². The first kappa shape index (κ1) is 21.0. The summed E-state index contributed by atoms with van der Waals surface area (Å²) >= 11 is 0. The van der Waals surface area contributed by atoms with Crippen LogP contribution in [0.2, 0.25) is 0 Å². The molecule has 1 heterocycles. The zero-order chi connectivity index (χ0) is 22.0. The van der Waals surface area contributed by atoms with E-state index in [2.05, 4.69) is 15.5 Å². The summed E-state index contributed by atoms with van der Waals surface area (Å²) < 4.78 is 33.5. The van der Waals surface area contributed by atoms with E-state index < -0.39 is 9.84 Å². The maximum atomic E-state index is 13.0. The minimum atomic E-state index is -3.28. The number of ether oxygens (including phenoxy) is 1. The van der Waals surface area contributed by atoms with Crippen molar-refractivity contribution < 1.29 is 22.4 Å². The van der Waals surface area contributed by atoms with Crippen molar-refractivity contribution >= 4 is 15.7 Å². The van der Waals surface area contributed by atoms with Crippen LogP contribution in [0, 0.1) is 5.92 Å². The number of sulfone groups is 1. The molecule has 1 aliphatic carbocycles. The van der Waals surface area contributed by atoms with E-state index in [-0.39, 0.29) is 29.5 Å². The van der Waals surface area contributed by atoms with Crippen molar-refractivity contribution in [3.8, 4) is 17.2 Å². The lowest BCUT2D eigenvalue weighted by Gasteiger charge is -2.19. The van der Waals surface area contributed by atoms with Crippen LogP contribution in [0.15, 0.2) is 52.9 Å². The van der Waals surface area contributed by atoms with Gasteiger partial charge in [-0.25, -0.2) is 8.42 Å². The molecule has 1 aromatic heterocycles. The lowest BCUT2D eigenvalue weighted by atomic mass is 10.0. The van der Waals surface area contributed by atoms with Gasteiger partial charge in [0.15, 0.2) is 9.84 Å². The molecule has 0 saturated heterocycles. The Labute approximate surface area is 180 Å². The fraction of sp³-hybridized carbons (Fsp3) is 0.318. The standard InChI is InChI=1S/C22H23N3O5S/c1-29-18-10-8-15(9-11-18)20(14-6-7-14)23-21(26)16-4-3-5-17(12-16)22-25-24-19(30-22)13-31(2,27)28/h3-5,8-12,14,20H,6-7,13H2,1-2H3,(H,23,26)/t20-/m0/s1. The van der Waals surface area contributed by atoms with Crippen molar-refractivity contribution in [1.29, 1.82) is 0 Å². The lowest BCUT2D eigenvalue weighted by Crippen LogP contribution is -2.29. The van der Waals surface area contributed by atoms with Gasteiger partial charge < -0.3 is 14.5 Å². The molecule has 1 fully saturated rings. The summed E-state index contributed by atoms with van der Waals surface area (Å²) in [5.74, 6) is 0.834. The third-order valence-corrected chi connectivity index (χ3v) is 5.85. The first-order valence-corrected chi connectivity index (χ1v) is 11.9. The van der Waals surface area contributed by atoms with E-state index in [0.717, 1.165) is 30.4 Å². The molecular formula is C22H23N3O5S. The Morgan fingerprint density at radius 2 is 1.94 bits per heavy atom. The fourth-order valence-electron chi connectivity index (χ4n) is 3.39. The molecule has 0 aliphatic heterocycles. The molecule has 1 amide bonds. The molecule has 0 unspecified atom stereocenters. The molecule has 31 heavy (non-hydrogen) atoms. The van der Waals surface area contributed by atoms with Crippen molar-refractivity contribution in [3.05, 3.63) is 65.5 Å². The maximum absolute atomic E-state index is 13.0. The first-order valence-electron chi connectivity index (χ1n) is 9.88. The number of amides is 1. The van der Waals surface area contributed by atoms with Crippen LogP contribution in [0.3, 0.4) is 0 Å². The van der Waals surface area contributed by atoms with Crippen molar-refractivity contribution in [2.45, 2.75) is 24.6 Å². The van der Waals surface area contributed by atoms with Gasteiger partial charge in [0.1, 0.15) is 11.5 Å². The molecule has 1 saturated carbocycles. The summed E-state index contributed by atoms with van der Waals surface area (Å²) in [7, 11) is -1.66. The minimum Gasteiger partial charge on any atom is -0.497 e. The predicted molar refractivity (Wildman–Crippen MR) is 114 cm³/mol. The van der Waals surface area contributed by atoms with Crippen LogP contribution >= 0.6 is 0 Å². The number of methoxy groups -OCH3 is 1. The number of nitrogens with one attached hydrogen (secondary N) is 1. The van der Waals surface area contributed by atoms with Crippen molar-refractivity contribution in [2.75, 3.05) is 13.4 Å². The molecule has 1 aliphatic rings. The number of carbonyl (C=O) groups is 1. The van der Waals surface area contributed by atoms with Gasteiger partial charge in [0.25, 0.3) is 5.91 Å². The van der Waals surface area contributed by atoms with Crippen molar-refractivity contribution in [1.82, 2.24) is 15.5 Å². The van der Waals surface area contributed by atoms with Crippen molar-refractivity contribution in [3.63, 3.8) is 0 Å². The molecule has 1 N–H and O–H groups in total. The Bertz CT molecular complexity index is 1180. The molecule has 8 nitrogen and oxygen atoms in total. The number of carbonyl (C=O) groups excluding carboxylic acids is 1. The van der Waals surface area contributed by atoms with Crippen LogP contribution in [0.4, 0.5) is 0 Å². The Morgan fingerprint density at radius 1 is 1.19 bits per heavy atom. The highest BCUT2D eigenvalue weighted by Gasteiger charge is 2.33. The second-order valence-electron chi connectivity index (χ2n) is 7.71. The number of hydrogen-bond acceptors (Lipinski definition) is 7. The van der Waals surface area contributed by atoms with E-state index in [0.29, 0.717) is 17.0 Å². The van der Waals surface area contributed by atoms with Gasteiger partial charge in [-0.1, -0.05) is 18.2 Å². The first-order chi connectivity index (χ1) is 14.8. The van der Waals surface area contributed by atoms with E-state index in [1.54, 1.807) is 31.4 Å². The molecule has 0 radical (unpaired) electrons. The second kappa shape index (κ2) is 8.50. The Kier molecular flexibility index (Phi) is 5.77. The Balaban J connectivity index is 1.52. The van der Waals surface area contributed by atoms with E-state index in [4.69, 9.17) is 9.15 Å². The largest absolute Gasteiger partial charge is 0.497 e. The average molecular weight is 442 g/mol. The highest BCUT2D eigenvalue weighted by molar-refractivity contribution is 7.89. The summed E-state index contributed by atoms with van der Waals surface area (Å²) in [5.41, 5.74) is 2.04. The Hall–Kier alpha value is -3.20. The van der Waals surface area contributed by atoms with Gasteiger partial charge in [0.2, 0.25) is 11.8 Å². The van der Waals surface area contributed by atoms with Crippen LogP contribution in [0.5, 0.6) is 5.75 Å². The molecule has 1 atom stereocenters. The maximum Gasteiger partial charge on any atom is 0.251 e. The molecule has 162 valence electrons. The van der Waals surface area contributed by atoms with Crippen LogP contribution < -0.4 is 10.1 Å². The number of rotatable bonds is 8. The summed E-state index contributed by atoms with van der Waals surface area (Å²) in [6.07, 6.45) is 3.24. The topological polar surface area (TPSA) is 111 Å². The Morgan fingerprint density at radius 3 is 2.58 bits per heavy atom. The fourth-order valence-corrected chi connectivity index (χ4v) is 3.95. The number of aromatic nitrogens is 2. The van der Waals surface area contributed by atoms with Gasteiger partial charge in [0.05, 0.1) is 13.2 Å². The highest BCUT2D eigenvalue weighted by Crippen LogP contribution is 2.41. The monoisotopic (exact) mass is 441 g/mol. The smallest absolute Gasteiger partial charge is 0.251 e. The van der Waals surface area contributed by atoms with E-state index in [1.165, 1.54) is 0 Å². The minimum absolute atomic E-state index is 0.0145. The normalized spacial score (nSPS) is 14.8. The number of hydrogen-bond donors (Lipinski definition) is 1. The third-order valence-electron chi connectivity index (χ3n) is 5.08. The van der Waals surface area contributed by atoms with Gasteiger partial charge in [-0.15, -0.1) is 10.2 Å². The van der Waals surface area contributed by atoms with Gasteiger partial charge >= 0.3 is 0 Å². The van der Waals surface area contributed by atoms with Gasteiger partial charge in [0, 0.05) is 17.4 Å². The third kappa shape index (κ3) is 5.29. The van der Waals surface area contributed by atoms with Gasteiger partial charge in [-0.3, -0.25) is 4.79 Å². The van der Waals surface area contributed by atoms with Crippen molar-refractivity contribution in [2.24, 2.45) is 5.92 Å². The number of nitrogens with zero attached hydrogens (tertiary/aromatic N) is 2. The predicted octanol–water partition coefficient (Wildman–Crippen LogP) is 3.17. The molecule has 9 heteroatoms. The van der Waals surface area contributed by atoms with E-state index in [1.807, 2.05) is 24.3 Å². The summed E-state index contributed by atoms with van der Waals surface area (Å²) in [5, 5.41) is 10.8. The SMILES string of the molecule is COc1ccc([C@@H](NC(=O)c2cccc(-c3nnc(CS(C)(=O)=O)o3)c2)C2CC2)cc1. The quantitative estimate of drug-likeness (QED) is 0.571. The summed E-state index contributed by atoms with van der Waals surface area (Å²) in [6, 6.07) is 14.5. The molecule has 0 spiro atoms. The van der Waals surface area contributed by atoms with E-state index in [9.17, 15) is 13.2 Å². The molecule has 3 aromatic rings. The molecular weight excluding hydrogens is 418 g/mol. The van der Waals surface area contributed by atoms with E-state index >= 15 is 0 Å². The summed E-state index contributed by atoms with van der Waals surface area (Å²) in [6.45, 7) is 0. The highest BCUT2D eigenvalue weighted by atomic mass is 32.2. The van der Waals surface area contributed by atoms with Crippen LogP contribution in [-0.4, -0.2) is 37.9 Å². The average Bonchev–Trinajstić information content (AvgIpc) is 3.49. The number of benzene rings is 2. The zero-order valence-corrected chi connectivity index (χ0v) is 18.1. The molecule has 0 bridgehead atoms. The molecule has 4 rings (SSSR count). The zero-order valence-electron chi connectivity index (χ0n) is 17.2. The second-order valence-corrected chi connectivity index (χ2v) is 9.85. The molecule has 2 aromatic carbocycles.